The molecular weight excluding hydrogens is 406 g/mol. The van der Waals surface area contributed by atoms with Gasteiger partial charge in [0, 0.05) is 11.6 Å². The number of aliphatic carboxylic acids is 1. The molecule has 0 saturated heterocycles. The Hall–Kier alpha value is -3.35. The van der Waals surface area contributed by atoms with Gasteiger partial charge in [-0.15, -0.1) is 0 Å². The van der Waals surface area contributed by atoms with Crippen molar-refractivity contribution in [2.75, 3.05) is 5.32 Å². The molecular formula is C25H31N3O4. The number of imidazole rings is 1. The predicted octanol–water partition coefficient (Wildman–Crippen LogP) is 4.89. The van der Waals surface area contributed by atoms with Crippen LogP contribution in [0.3, 0.4) is 0 Å². The van der Waals surface area contributed by atoms with Gasteiger partial charge in [-0.05, 0) is 61.8 Å². The minimum Gasteiger partial charge on any atom is -0.481 e. The number of benzene rings is 2. The highest BCUT2D eigenvalue weighted by Gasteiger charge is 2.25. The van der Waals surface area contributed by atoms with Crippen molar-refractivity contribution in [2.45, 2.75) is 51.9 Å². The van der Waals surface area contributed by atoms with E-state index in [4.69, 9.17) is 0 Å². The maximum absolute atomic E-state index is 12.8. The van der Waals surface area contributed by atoms with Crippen LogP contribution in [0.15, 0.2) is 53.3 Å². The second kappa shape index (κ2) is 10.8. The molecule has 3 rings (SSSR count). The van der Waals surface area contributed by atoms with Crippen LogP contribution in [0.5, 0.6) is 0 Å². The van der Waals surface area contributed by atoms with Gasteiger partial charge in [0.15, 0.2) is 0 Å². The summed E-state index contributed by atoms with van der Waals surface area (Å²) >= 11 is 0. The minimum absolute atomic E-state index is 0.135. The van der Waals surface area contributed by atoms with Crippen LogP contribution in [0, 0.1) is 11.8 Å². The number of carbonyl (C=O) groups excluding carboxylic acids is 1. The molecule has 0 radical (unpaired) electrons. The second-order valence-electron chi connectivity index (χ2n) is 8.30. The van der Waals surface area contributed by atoms with Crippen LogP contribution in [-0.2, 0) is 9.59 Å². The largest absolute Gasteiger partial charge is 0.481 e. The lowest BCUT2D eigenvalue weighted by Gasteiger charge is -2.22. The van der Waals surface area contributed by atoms with E-state index in [2.05, 4.69) is 22.2 Å². The topological polar surface area (TPSA) is 115 Å². The zero-order valence-electron chi connectivity index (χ0n) is 18.6. The van der Waals surface area contributed by atoms with Crippen molar-refractivity contribution in [3.8, 4) is 0 Å². The summed E-state index contributed by atoms with van der Waals surface area (Å²) in [4.78, 5) is 41.5. The molecule has 0 spiro atoms. The van der Waals surface area contributed by atoms with E-state index in [1.54, 1.807) is 18.2 Å². The Labute approximate surface area is 187 Å². The number of fused-ring (bicyclic) bond motifs is 1. The summed E-state index contributed by atoms with van der Waals surface area (Å²) in [5.41, 5.74) is 2.76. The van der Waals surface area contributed by atoms with Crippen LogP contribution in [0.25, 0.3) is 11.0 Å². The van der Waals surface area contributed by atoms with Crippen molar-refractivity contribution in [3.63, 3.8) is 0 Å². The standard InChI is InChI=1S/C25H31N3O4/c1-3-16(23(29)26-20-12-13-21-22(15-20)28-25(32)27-21)10-11-19(24(30)31)14-17(4-2)18-8-6-5-7-9-18/h5-9,12-13,15-17,19H,3-4,10-11,14H2,1-2H3,(H,26,29)(H,30,31)(H2,27,28,32). The highest BCUT2D eigenvalue weighted by atomic mass is 16.4. The van der Waals surface area contributed by atoms with Crippen LogP contribution < -0.4 is 11.0 Å². The van der Waals surface area contributed by atoms with Gasteiger partial charge in [-0.25, -0.2) is 4.79 Å². The van der Waals surface area contributed by atoms with Crippen LogP contribution in [0.1, 0.15) is 57.4 Å². The summed E-state index contributed by atoms with van der Waals surface area (Å²) in [6.45, 7) is 4.01. The van der Waals surface area contributed by atoms with Crippen LogP contribution in [-0.4, -0.2) is 27.0 Å². The lowest BCUT2D eigenvalue weighted by molar-refractivity contribution is -0.142. The van der Waals surface area contributed by atoms with Gasteiger partial charge >= 0.3 is 11.7 Å². The molecule has 4 N–H and O–H groups in total. The number of anilines is 1. The third-order valence-electron chi connectivity index (χ3n) is 6.19. The average molecular weight is 438 g/mol. The Morgan fingerprint density at radius 2 is 1.62 bits per heavy atom. The SMILES string of the molecule is CCC(CCC(CC(CC)c1ccccc1)C(=O)O)C(=O)Nc1ccc2[nH]c(=O)[nH]c2c1. The van der Waals surface area contributed by atoms with Crippen LogP contribution in [0.4, 0.5) is 5.69 Å². The maximum Gasteiger partial charge on any atom is 0.323 e. The first-order valence-electron chi connectivity index (χ1n) is 11.2. The van der Waals surface area contributed by atoms with Gasteiger partial charge in [0.05, 0.1) is 17.0 Å². The number of carbonyl (C=O) groups is 2. The first kappa shape index (κ1) is 23.3. The summed E-state index contributed by atoms with van der Waals surface area (Å²) < 4.78 is 0. The van der Waals surface area contributed by atoms with Gasteiger partial charge < -0.3 is 20.4 Å². The molecule has 0 aliphatic rings. The molecule has 32 heavy (non-hydrogen) atoms. The first-order chi connectivity index (χ1) is 15.4. The smallest absolute Gasteiger partial charge is 0.323 e. The van der Waals surface area contributed by atoms with E-state index in [-0.39, 0.29) is 23.4 Å². The Balaban J connectivity index is 1.62. The lowest BCUT2D eigenvalue weighted by atomic mass is 9.83. The second-order valence-corrected chi connectivity index (χ2v) is 8.30. The number of H-pyrrole nitrogens is 2. The van der Waals surface area contributed by atoms with Crippen molar-refractivity contribution < 1.29 is 14.7 Å². The molecule has 1 heterocycles. The van der Waals surface area contributed by atoms with Crippen molar-refractivity contribution in [1.29, 1.82) is 0 Å². The molecule has 7 nitrogen and oxygen atoms in total. The molecule has 0 aliphatic carbocycles. The summed E-state index contributed by atoms with van der Waals surface area (Å²) in [7, 11) is 0. The summed E-state index contributed by atoms with van der Waals surface area (Å²) in [5.74, 6) is -1.54. The molecule has 1 amide bonds. The molecule has 3 atom stereocenters. The van der Waals surface area contributed by atoms with Crippen molar-refractivity contribution in [3.05, 3.63) is 64.6 Å². The van der Waals surface area contributed by atoms with E-state index in [1.165, 1.54) is 0 Å². The highest BCUT2D eigenvalue weighted by Crippen LogP contribution is 2.30. The van der Waals surface area contributed by atoms with Gasteiger partial charge in [0.25, 0.3) is 0 Å². The van der Waals surface area contributed by atoms with E-state index in [9.17, 15) is 19.5 Å². The number of hydrogen-bond donors (Lipinski definition) is 4. The number of carboxylic acids is 1. The number of rotatable bonds is 11. The lowest BCUT2D eigenvalue weighted by Crippen LogP contribution is -2.25. The zero-order chi connectivity index (χ0) is 23.1. The fourth-order valence-electron chi connectivity index (χ4n) is 4.23. The van der Waals surface area contributed by atoms with Gasteiger partial charge in [0.1, 0.15) is 0 Å². The fourth-order valence-corrected chi connectivity index (χ4v) is 4.23. The van der Waals surface area contributed by atoms with Crippen LogP contribution >= 0.6 is 0 Å². The zero-order valence-corrected chi connectivity index (χ0v) is 18.6. The van der Waals surface area contributed by atoms with Gasteiger partial charge in [-0.2, -0.15) is 0 Å². The number of amides is 1. The fraction of sp³-hybridized carbons (Fsp3) is 0.400. The molecule has 170 valence electrons. The number of aromatic amines is 2. The Morgan fingerprint density at radius 3 is 2.28 bits per heavy atom. The quantitative estimate of drug-likeness (QED) is 0.342. The predicted molar refractivity (Wildman–Crippen MR) is 126 cm³/mol. The van der Waals surface area contributed by atoms with Crippen molar-refractivity contribution in [1.82, 2.24) is 9.97 Å². The number of aromatic nitrogens is 2. The molecule has 0 saturated carbocycles. The molecule has 7 heteroatoms. The van der Waals surface area contributed by atoms with E-state index >= 15 is 0 Å². The molecule has 0 bridgehead atoms. The van der Waals surface area contributed by atoms with E-state index in [0.717, 1.165) is 12.0 Å². The van der Waals surface area contributed by atoms with E-state index in [1.807, 2.05) is 37.3 Å². The average Bonchev–Trinajstić information content (AvgIpc) is 3.16. The van der Waals surface area contributed by atoms with E-state index in [0.29, 0.717) is 42.4 Å². The molecule has 2 aromatic carbocycles. The molecule has 1 aromatic heterocycles. The van der Waals surface area contributed by atoms with Gasteiger partial charge in [0.2, 0.25) is 5.91 Å². The third kappa shape index (κ3) is 5.87. The maximum atomic E-state index is 12.8. The van der Waals surface area contributed by atoms with E-state index < -0.39 is 11.9 Å². The molecule has 0 aliphatic heterocycles. The number of carboxylic acid groups (broad SMARTS) is 1. The molecule has 3 aromatic rings. The summed E-state index contributed by atoms with van der Waals surface area (Å²) in [6, 6.07) is 15.2. The highest BCUT2D eigenvalue weighted by molar-refractivity contribution is 5.94. The Morgan fingerprint density at radius 1 is 0.938 bits per heavy atom. The minimum atomic E-state index is -0.809. The normalized spacial score (nSPS) is 14.1. The number of hydrogen-bond acceptors (Lipinski definition) is 3. The Kier molecular flexibility index (Phi) is 7.87. The monoisotopic (exact) mass is 437 g/mol. The first-order valence-corrected chi connectivity index (χ1v) is 11.2. The molecule has 0 fully saturated rings. The third-order valence-corrected chi connectivity index (χ3v) is 6.19. The molecule has 3 unspecified atom stereocenters. The van der Waals surface area contributed by atoms with Crippen molar-refractivity contribution >= 4 is 28.6 Å². The van der Waals surface area contributed by atoms with Gasteiger partial charge in [-0.3, -0.25) is 9.59 Å². The van der Waals surface area contributed by atoms with Crippen LogP contribution in [0.2, 0.25) is 0 Å². The Bertz CT molecular complexity index is 1100. The summed E-state index contributed by atoms with van der Waals surface area (Å²) in [6.07, 6.45) is 3.01. The number of nitrogens with one attached hydrogen (secondary N) is 3. The summed E-state index contributed by atoms with van der Waals surface area (Å²) in [5, 5.41) is 12.7. The van der Waals surface area contributed by atoms with Crippen molar-refractivity contribution in [2.24, 2.45) is 11.8 Å². The van der Waals surface area contributed by atoms with Gasteiger partial charge in [-0.1, -0.05) is 44.2 Å².